The zero-order valence-corrected chi connectivity index (χ0v) is 11.9. The van der Waals surface area contributed by atoms with E-state index in [0.29, 0.717) is 5.92 Å². The van der Waals surface area contributed by atoms with Crippen molar-refractivity contribution in [1.29, 1.82) is 0 Å². The summed E-state index contributed by atoms with van der Waals surface area (Å²) in [6.07, 6.45) is 1.38. The van der Waals surface area contributed by atoms with Gasteiger partial charge in [-0.1, -0.05) is 32.9 Å². The standard InChI is InChI=1S/C16H23NO2/c1-10(2)11(3)15(18)13-7-6-12-5-4-8-17-16(19)14(12)9-13/h6-7,9-11,15,18H,4-5,8H2,1-3H3,(H,17,19). The molecule has 1 aromatic carbocycles. The SMILES string of the molecule is CC(C)C(C)C(O)c1ccc2c(c1)C(=O)NCCC2. The van der Waals surface area contributed by atoms with Gasteiger partial charge < -0.3 is 10.4 Å². The van der Waals surface area contributed by atoms with Crippen molar-refractivity contribution in [3.05, 3.63) is 34.9 Å². The fourth-order valence-corrected chi connectivity index (χ4v) is 2.45. The predicted octanol–water partition coefficient (Wildman–Crippen LogP) is 2.69. The third-order valence-corrected chi connectivity index (χ3v) is 4.18. The van der Waals surface area contributed by atoms with Gasteiger partial charge in [0.15, 0.2) is 0 Å². The topological polar surface area (TPSA) is 49.3 Å². The lowest BCUT2D eigenvalue weighted by Crippen LogP contribution is -2.23. The average Bonchev–Trinajstić information content (AvgIpc) is 2.58. The van der Waals surface area contributed by atoms with Crippen molar-refractivity contribution in [1.82, 2.24) is 5.32 Å². The van der Waals surface area contributed by atoms with Crippen LogP contribution < -0.4 is 5.32 Å². The molecule has 2 N–H and O–H groups in total. The highest BCUT2D eigenvalue weighted by molar-refractivity contribution is 5.96. The molecule has 2 unspecified atom stereocenters. The molecule has 1 amide bonds. The molecule has 0 saturated heterocycles. The number of rotatable bonds is 3. The summed E-state index contributed by atoms with van der Waals surface area (Å²) >= 11 is 0. The maximum Gasteiger partial charge on any atom is 0.251 e. The van der Waals surface area contributed by atoms with Crippen LogP contribution in [0.2, 0.25) is 0 Å². The van der Waals surface area contributed by atoms with Gasteiger partial charge in [-0.15, -0.1) is 0 Å². The summed E-state index contributed by atoms with van der Waals surface area (Å²) in [5, 5.41) is 13.3. The van der Waals surface area contributed by atoms with E-state index in [1.165, 1.54) is 0 Å². The van der Waals surface area contributed by atoms with Crippen LogP contribution in [0.3, 0.4) is 0 Å². The highest BCUT2D eigenvalue weighted by Crippen LogP contribution is 2.29. The number of amides is 1. The number of aryl methyl sites for hydroxylation is 1. The summed E-state index contributed by atoms with van der Waals surface area (Å²) in [7, 11) is 0. The molecule has 2 rings (SSSR count). The number of carbonyl (C=O) groups excluding carboxylic acids is 1. The minimum Gasteiger partial charge on any atom is -0.388 e. The van der Waals surface area contributed by atoms with Gasteiger partial charge in [0.25, 0.3) is 5.91 Å². The lowest BCUT2D eigenvalue weighted by Gasteiger charge is -2.23. The zero-order valence-electron chi connectivity index (χ0n) is 11.9. The molecular weight excluding hydrogens is 238 g/mol. The summed E-state index contributed by atoms with van der Waals surface area (Å²) in [5.41, 5.74) is 2.66. The van der Waals surface area contributed by atoms with Crippen LogP contribution in [0, 0.1) is 11.8 Å². The molecule has 0 saturated carbocycles. The van der Waals surface area contributed by atoms with Crippen molar-refractivity contribution < 1.29 is 9.90 Å². The van der Waals surface area contributed by atoms with Crippen LogP contribution in [0.4, 0.5) is 0 Å². The first-order valence-corrected chi connectivity index (χ1v) is 7.09. The Kier molecular flexibility index (Phi) is 4.25. The van der Waals surface area contributed by atoms with Gasteiger partial charge in [-0.25, -0.2) is 0 Å². The van der Waals surface area contributed by atoms with Crippen molar-refractivity contribution in [2.75, 3.05) is 6.54 Å². The number of hydrogen-bond donors (Lipinski definition) is 2. The van der Waals surface area contributed by atoms with E-state index >= 15 is 0 Å². The third kappa shape index (κ3) is 2.98. The lowest BCUT2D eigenvalue weighted by molar-refractivity contribution is 0.0914. The number of benzene rings is 1. The quantitative estimate of drug-likeness (QED) is 0.879. The molecule has 1 heterocycles. The molecule has 1 aliphatic rings. The molecule has 19 heavy (non-hydrogen) atoms. The second kappa shape index (κ2) is 5.74. The van der Waals surface area contributed by atoms with Crippen LogP contribution >= 0.6 is 0 Å². The van der Waals surface area contributed by atoms with E-state index in [2.05, 4.69) is 19.2 Å². The van der Waals surface area contributed by atoms with E-state index in [0.717, 1.165) is 36.1 Å². The van der Waals surface area contributed by atoms with E-state index in [9.17, 15) is 9.90 Å². The molecule has 0 fully saturated rings. The van der Waals surface area contributed by atoms with Gasteiger partial charge in [0, 0.05) is 12.1 Å². The summed E-state index contributed by atoms with van der Waals surface area (Å²) in [6.45, 7) is 6.98. The maximum atomic E-state index is 12.0. The number of fused-ring (bicyclic) bond motifs is 1. The van der Waals surface area contributed by atoms with Crippen LogP contribution in [0.1, 0.15) is 54.8 Å². The second-order valence-corrected chi connectivity index (χ2v) is 5.82. The van der Waals surface area contributed by atoms with E-state index in [1.54, 1.807) is 0 Å². The molecule has 3 nitrogen and oxygen atoms in total. The smallest absolute Gasteiger partial charge is 0.251 e. The minimum absolute atomic E-state index is 0.0150. The van der Waals surface area contributed by atoms with Gasteiger partial charge in [0.2, 0.25) is 0 Å². The Labute approximate surface area is 115 Å². The zero-order chi connectivity index (χ0) is 14.0. The lowest BCUT2D eigenvalue weighted by atomic mass is 9.87. The average molecular weight is 261 g/mol. The molecule has 104 valence electrons. The molecule has 0 bridgehead atoms. The number of aliphatic hydroxyl groups is 1. The summed E-state index contributed by atoms with van der Waals surface area (Å²) in [4.78, 5) is 12.0. The van der Waals surface area contributed by atoms with Gasteiger partial charge in [-0.2, -0.15) is 0 Å². The van der Waals surface area contributed by atoms with Gasteiger partial charge in [-0.3, -0.25) is 4.79 Å². The van der Waals surface area contributed by atoms with E-state index in [1.807, 2.05) is 25.1 Å². The summed E-state index contributed by atoms with van der Waals surface area (Å²) in [6, 6.07) is 5.81. The second-order valence-electron chi connectivity index (χ2n) is 5.82. The fourth-order valence-electron chi connectivity index (χ4n) is 2.45. The molecule has 0 aromatic heterocycles. The van der Waals surface area contributed by atoms with E-state index < -0.39 is 6.10 Å². The number of carbonyl (C=O) groups is 1. The van der Waals surface area contributed by atoms with Gasteiger partial charge in [-0.05, 0) is 41.9 Å². The van der Waals surface area contributed by atoms with Crippen LogP contribution in [-0.4, -0.2) is 17.6 Å². The normalized spacial score (nSPS) is 18.5. The van der Waals surface area contributed by atoms with E-state index in [-0.39, 0.29) is 11.8 Å². The van der Waals surface area contributed by atoms with Crippen molar-refractivity contribution in [3.63, 3.8) is 0 Å². The molecule has 0 radical (unpaired) electrons. The first kappa shape index (κ1) is 14.1. The molecule has 2 atom stereocenters. The Balaban J connectivity index is 2.32. The van der Waals surface area contributed by atoms with Crippen LogP contribution in [-0.2, 0) is 6.42 Å². The minimum atomic E-state index is -0.513. The molecule has 1 aromatic rings. The third-order valence-electron chi connectivity index (χ3n) is 4.18. The van der Waals surface area contributed by atoms with Gasteiger partial charge in [0.05, 0.1) is 6.10 Å². The molecule has 0 spiro atoms. The molecule has 1 aliphatic heterocycles. The number of aliphatic hydroxyl groups excluding tert-OH is 1. The Morgan fingerprint density at radius 1 is 1.26 bits per heavy atom. The first-order chi connectivity index (χ1) is 9.00. The maximum absolute atomic E-state index is 12.0. The van der Waals surface area contributed by atoms with Crippen molar-refractivity contribution in [2.45, 2.75) is 39.7 Å². The number of nitrogens with one attached hydrogen (secondary N) is 1. The predicted molar refractivity (Wildman–Crippen MR) is 76.1 cm³/mol. The Morgan fingerprint density at radius 2 is 2.00 bits per heavy atom. The van der Waals surface area contributed by atoms with Crippen LogP contribution in [0.5, 0.6) is 0 Å². The largest absolute Gasteiger partial charge is 0.388 e. The Bertz CT molecular complexity index is 468. The molecular formula is C16H23NO2. The van der Waals surface area contributed by atoms with Gasteiger partial charge >= 0.3 is 0 Å². The first-order valence-electron chi connectivity index (χ1n) is 7.09. The Hall–Kier alpha value is -1.35. The molecule has 3 heteroatoms. The van der Waals surface area contributed by atoms with Crippen LogP contribution in [0.25, 0.3) is 0 Å². The van der Waals surface area contributed by atoms with Crippen molar-refractivity contribution in [2.24, 2.45) is 11.8 Å². The van der Waals surface area contributed by atoms with Crippen molar-refractivity contribution in [3.8, 4) is 0 Å². The Morgan fingerprint density at radius 3 is 2.68 bits per heavy atom. The number of hydrogen-bond acceptors (Lipinski definition) is 2. The van der Waals surface area contributed by atoms with Crippen molar-refractivity contribution >= 4 is 5.91 Å². The fraction of sp³-hybridized carbons (Fsp3) is 0.562. The van der Waals surface area contributed by atoms with E-state index in [4.69, 9.17) is 0 Å². The van der Waals surface area contributed by atoms with Crippen LogP contribution in [0.15, 0.2) is 18.2 Å². The highest BCUT2D eigenvalue weighted by Gasteiger charge is 2.22. The molecule has 0 aliphatic carbocycles. The van der Waals surface area contributed by atoms with Gasteiger partial charge in [0.1, 0.15) is 0 Å². The summed E-state index contributed by atoms with van der Waals surface area (Å²) in [5.74, 6) is 0.563. The monoisotopic (exact) mass is 261 g/mol. The summed E-state index contributed by atoms with van der Waals surface area (Å²) < 4.78 is 0. The highest BCUT2D eigenvalue weighted by atomic mass is 16.3.